The Balaban J connectivity index is 1.55. The second-order valence-electron chi connectivity index (χ2n) is 8.00. The van der Waals surface area contributed by atoms with Crippen molar-refractivity contribution in [2.24, 2.45) is 0 Å². The molecule has 2 aromatic carbocycles. The second-order valence-corrected chi connectivity index (χ2v) is 8.00. The van der Waals surface area contributed by atoms with E-state index in [1.807, 2.05) is 31.2 Å². The normalized spacial score (nSPS) is 19.7. The summed E-state index contributed by atoms with van der Waals surface area (Å²) in [6.07, 6.45) is 0.802. The van der Waals surface area contributed by atoms with Crippen molar-refractivity contribution in [3.05, 3.63) is 58.7 Å². The van der Waals surface area contributed by atoms with Gasteiger partial charge in [0.05, 0.1) is 6.04 Å². The first-order valence-electron chi connectivity index (χ1n) is 10.1. The highest BCUT2D eigenvalue weighted by Gasteiger charge is 2.28. The minimum Gasteiger partial charge on any atom is -0.491 e. The number of rotatable bonds is 3. The standard InChI is InChI=1S/C23H29N3O2/c1-16-6-4-5-7-19(16)23(27)24-18-14-20-21(26-12-10-25(3)11-13-26)9-8-17(2)22(20)28-15-18/h4-9,18H,10-15H2,1-3H3,(H,24,27). The Labute approximate surface area is 167 Å². The number of benzene rings is 2. The summed E-state index contributed by atoms with van der Waals surface area (Å²) < 4.78 is 6.13. The van der Waals surface area contributed by atoms with E-state index in [9.17, 15) is 4.79 Å². The molecule has 0 bridgehead atoms. The van der Waals surface area contributed by atoms with Crippen LogP contribution in [0.4, 0.5) is 5.69 Å². The van der Waals surface area contributed by atoms with Gasteiger partial charge >= 0.3 is 0 Å². The van der Waals surface area contributed by atoms with Gasteiger partial charge in [0.25, 0.3) is 5.91 Å². The minimum absolute atomic E-state index is 0.0207. The number of fused-ring (bicyclic) bond motifs is 1. The van der Waals surface area contributed by atoms with Crippen LogP contribution in [0.25, 0.3) is 0 Å². The Kier molecular flexibility index (Phi) is 5.27. The zero-order valence-corrected chi connectivity index (χ0v) is 17.0. The third-order valence-corrected chi connectivity index (χ3v) is 5.88. The van der Waals surface area contributed by atoms with Crippen LogP contribution in [0.2, 0.25) is 0 Å². The van der Waals surface area contributed by atoms with Crippen molar-refractivity contribution < 1.29 is 9.53 Å². The maximum atomic E-state index is 12.8. The Morgan fingerprint density at radius 1 is 1.04 bits per heavy atom. The van der Waals surface area contributed by atoms with Gasteiger partial charge in [0, 0.05) is 49.4 Å². The van der Waals surface area contributed by atoms with Gasteiger partial charge in [0.1, 0.15) is 12.4 Å². The molecule has 1 N–H and O–H groups in total. The highest BCUT2D eigenvalue weighted by atomic mass is 16.5. The Bertz CT molecular complexity index is 872. The molecular weight excluding hydrogens is 350 g/mol. The van der Waals surface area contributed by atoms with Gasteiger partial charge in [0.15, 0.2) is 0 Å². The van der Waals surface area contributed by atoms with E-state index in [-0.39, 0.29) is 11.9 Å². The number of piperazine rings is 1. The van der Waals surface area contributed by atoms with Crippen LogP contribution in [0.5, 0.6) is 5.75 Å². The van der Waals surface area contributed by atoms with Crippen molar-refractivity contribution in [1.29, 1.82) is 0 Å². The monoisotopic (exact) mass is 379 g/mol. The lowest BCUT2D eigenvalue weighted by atomic mass is 9.96. The van der Waals surface area contributed by atoms with E-state index in [4.69, 9.17) is 4.74 Å². The highest BCUT2D eigenvalue weighted by molar-refractivity contribution is 5.95. The fourth-order valence-corrected chi connectivity index (χ4v) is 4.15. The summed E-state index contributed by atoms with van der Waals surface area (Å²) in [5.74, 6) is 0.974. The number of nitrogens with one attached hydrogen (secondary N) is 1. The number of ether oxygens (including phenoxy) is 1. The molecule has 28 heavy (non-hydrogen) atoms. The van der Waals surface area contributed by atoms with Crippen LogP contribution in [-0.4, -0.2) is 56.7 Å². The number of hydrogen-bond acceptors (Lipinski definition) is 4. The lowest BCUT2D eigenvalue weighted by molar-refractivity contribution is 0.0914. The van der Waals surface area contributed by atoms with Crippen molar-refractivity contribution in [1.82, 2.24) is 10.2 Å². The number of aryl methyl sites for hydroxylation is 2. The Morgan fingerprint density at radius 2 is 1.79 bits per heavy atom. The van der Waals surface area contributed by atoms with Crippen LogP contribution in [0.1, 0.15) is 27.0 Å². The molecule has 1 atom stereocenters. The summed E-state index contributed by atoms with van der Waals surface area (Å²) in [5, 5.41) is 3.18. The summed E-state index contributed by atoms with van der Waals surface area (Å²) in [6, 6.07) is 12.1. The van der Waals surface area contributed by atoms with Gasteiger partial charge in [-0.3, -0.25) is 4.79 Å². The molecule has 2 aliphatic rings. The van der Waals surface area contributed by atoms with Crippen LogP contribution >= 0.6 is 0 Å². The molecule has 0 aromatic heterocycles. The Hall–Kier alpha value is -2.53. The summed E-state index contributed by atoms with van der Waals surface area (Å²) in [4.78, 5) is 17.6. The van der Waals surface area contributed by atoms with E-state index < -0.39 is 0 Å². The van der Waals surface area contributed by atoms with Crippen LogP contribution in [0.15, 0.2) is 36.4 Å². The van der Waals surface area contributed by atoms with Crippen molar-refractivity contribution in [2.45, 2.75) is 26.3 Å². The average Bonchev–Trinajstić information content (AvgIpc) is 2.69. The van der Waals surface area contributed by atoms with Gasteiger partial charge in [-0.1, -0.05) is 24.3 Å². The smallest absolute Gasteiger partial charge is 0.251 e. The molecule has 2 heterocycles. The van der Waals surface area contributed by atoms with Gasteiger partial charge in [0.2, 0.25) is 0 Å². The molecule has 0 spiro atoms. The molecule has 5 nitrogen and oxygen atoms in total. The fourth-order valence-electron chi connectivity index (χ4n) is 4.15. The first-order chi connectivity index (χ1) is 13.5. The molecule has 4 rings (SSSR count). The number of amides is 1. The zero-order valence-electron chi connectivity index (χ0n) is 17.0. The van der Waals surface area contributed by atoms with Gasteiger partial charge in [-0.05, 0) is 44.2 Å². The first-order valence-corrected chi connectivity index (χ1v) is 10.1. The molecule has 1 fully saturated rings. The van der Waals surface area contributed by atoms with Gasteiger partial charge in [-0.25, -0.2) is 0 Å². The lowest BCUT2D eigenvalue weighted by Gasteiger charge is -2.37. The summed E-state index contributed by atoms with van der Waals surface area (Å²) in [7, 11) is 2.17. The highest BCUT2D eigenvalue weighted by Crippen LogP contribution is 2.36. The molecule has 5 heteroatoms. The number of carbonyl (C=O) groups excluding carboxylic acids is 1. The zero-order chi connectivity index (χ0) is 19.7. The van der Waals surface area contributed by atoms with E-state index in [0.29, 0.717) is 6.61 Å². The molecule has 2 aromatic rings. The van der Waals surface area contributed by atoms with E-state index in [0.717, 1.165) is 55.0 Å². The largest absolute Gasteiger partial charge is 0.491 e. The molecule has 1 unspecified atom stereocenters. The molecule has 148 valence electrons. The SMILES string of the molecule is Cc1ccccc1C(=O)NC1COc2c(C)ccc(N3CCN(C)CC3)c2C1. The molecule has 1 amide bonds. The summed E-state index contributed by atoms with van der Waals surface area (Å²) in [5.41, 5.74) is 5.37. The number of hydrogen-bond donors (Lipinski definition) is 1. The number of likely N-dealkylation sites (N-methyl/N-ethyl adjacent to an activating group) is 1. The molecule has 0 aliphatic carbocycles. The van der Waals surface area contributed by atoms with Gasteiger partial charge < -0.3 is 19.9 Å². The van der Waals surface area contributed by atoms with Crippen LogP contribution < -0.4 is 15.0 Å². The number of carbonyl (C=O) groups is 1. The molecule has 0 saturated carbocycles. The lowest BCUT2D eigenvalue weighted by Crippen LogP contribution is -2.46. The third kappa shape index (κ3) is 3.72. The van der Waals surface area contributed by atoms with Crippen molar-refractivity contribution in [3.63, 3.8) is 0 Å². The summed E-state index contributed by atoms with van der Waals surface area (Å²) >= 11 is 0. The van der Waals surface area contributed by atoms with E-state index >= 15 is 0 Å². The average molecular weight is 380 g/mol. The second kappa shape index (κ2) is 7.84. The minimum atomic E-state index is -0.0241. The number of anilines is 1. The van der Waals surface area contributed by atoms with E-state index in [1.165, 1.54) is 11.3 Å². The molecule has 2 aliphatic heterocycles. The topological polar surface area (TPSA) is 44.8 Å². The van der Waals surface area contributed by atoms with E-state index in [2.05, 4.69) is 41.2 Å². The number of nitrogens with zero attached hydrogens (tertiary/aromatic N) is 2. The Morgan fingerprint density at radius 3 is 2.54 bits per heavy atom. The molecular formula is C23H29N3O2. The molecule has 1 saturated heterocycles. The van der Waals surface area contributed by atoms with Crippen molar-refractivity contribution >= 4 is 11.6 Å². The van der Waals surface area contributed by atoms with Crippen molar-refractivity contribution in [2.75, 3.05) is 44.7 Å². The van der Waals surface area contributed by atoms with E-state index in [1.54, 1.807) is 0 Å². The van der Waals surface area contributed by atoms with Gasteiger partial charge in [-0.15, -0.1) is 0 Å². The maximum Gasteiger partial charge on any atom is 0.251 e. The predicted octanol–water partition coefficient (Wildman–Crippen LogP) is 2.79. The first kappa shape index (κ1) is 18.8. The van der Waals surface area contributed by atoms with Crippen LogP contribution in [0.3, 0.4) is 0 Å². The fraction of sp³-hybridized carbons (Fsp3) is 0.435. The quantitative estimate of drug-likeness (QED) is 0.891. The van der Waals surface area contributed by atoms with Crippen LogP contribution in [0, 0.1) is 13.8 Å². The van der Waals surface area contributed by atoms with Crippen LogP contribution in [-0.2, 0) is 6.42 Å². The molecule has 0 radical (unpaired) electrons. The van der Waals surface area contributed by atoms with Crippen molar-refractivity contribution in [3.8, 4) is 5.75 Å². The maximum absolute atomic E-state index is 12.8. The summed E-state index contributed by atoms with van der Waals surface area (Å²) in [6.45, 7) is 8.75. The third-order valence-electron chi connectivity index (χ3n) is 5.88. The van der Waals surface area contributed by atoms with Gasteiger partial charge in [-0.2, -0.15) is 0 Å². The predicted molar refractivity (Wildman–Crippen MR) is 113 cm³/mol.